The Labute approximate surface area is 183 Å². The molecular formula is C22H23N3O7. The summed E-state index contributed by atoms with van der Waals surface area (Å²) in [5.41, 5.74) is 0.753. The van der Waals surface area contributed by atoms with Gasteiger partial charge in [0.05, 0.1) is 23.3 Å². The van der Waals surface area contributed by atoms with Crippen molar-refractivity contribution in [1.29, 1.82) is 0 Å². The minimum atomic E-state index is -1.05. The van der Waals surface area contributed by atoms with Crippen molar-refractivity contribution in [1.82, 2.24) is 15.5 Å². The van der Waals surface area contributed by atoms with Gasteiger partial charge in [-0.2, -0.15) is 0 Å². The van der Waals surface area contributed by atoms with E-state index in [1.54, 1.807) is 12.1 Å². The minimum Gasteiger partial charge on any atom is -0.390 e. The van der Waals surface area contributed by atoms with Crippen molar-refractivity contribution in [2.75, 3.05) is 0 Å². The van der Waals surface area contributed by atoms with Crippen molar-refractivity contribution < 1.29 is 34.2 Å². The Kier molecular flexibility index (Phi) is 4.86. The first-order chi connectivity index (χ1) is 15.3. The van der Waals surface area contributed by atoms with Gasteiger partial charge in [-0.15, -0.1) is 0 Å². The van der Waals surface area contributed by atoms with Crippen molar-refractivity contribution in [3.8, 4) is 0 Å². The number of aliphatic hydroxyl groups is 2. The van der Waals surface area contributed by atoms with Gasteiger partial charge in [-0.3, -0.25) is 34.2 Å². The predicted molar refractivity (Wildman–Crippen MR) is 107 cm³/mol. The first-order valence-corrected chi connectivity index (χ1v) is 10.7. The summed E-state index contributed by atoms with van der Waals surface area (Å²) in [6.45, 7) is 0.0107. The topological polar surface area (TPSA) is 153 Å². The number of benzene rings is 1. The first-order valence-electron chi connectivity index (χ1n) is 10.7. The number of hydrogen-bond acceptors (Lipinski definition) is 7. The highest BCUT2D eigenvalue weighted by atomic mass is 16.3. The number of hydrogen-bond donors (Lipinski definition) is 4. The summed E-state index contributed by atoms with van der Waals surface area (Å²) in [4.78, 5) is 63.3. The van der Waals surface area contributed by atoms with Crippen molar-refractivity contribution in [3.63, 3.8) is 0 Å². The SMILES string of the molecule is O=C1CCC(N2C(=O)c3cccc(CNC(=O)C4C[C@@H]5C[C@H]4[C@@H](O)[C@H]5O)c3C2=O)C(=O)N1. The summed E-state index contributed by atoms with van der Waals surface area (Å²) < 4.78 is 0. The minimum absolute atomic E-state index is 0.0107. The van der Waals surface area contributed by atoms with E-state index in [2.05, 4.69) is 10.6 Å². The van der Waals surface area contributed by atoms with E-state index in [4.69, 9.17) is 0 Å². The lowest BCUT2D eigenvalue weighted by atomic mass is 9.84. The molecule has 3 fully saturated rings. The molecule has 2 aliphatic heterocycles. The van der Waals surface area contributed by atoms with E-state index in [0.29, 0.717) is 18.4 Å². The Morgan fingerprint density at radius 2 is 1.88 bits per heavy atom. The predicted octanol–water partition coefficient (Wildman–Crippen LogP) is -0.918. The van der Waals surface area contributed by atoms with Crippen LogP contribution in [0.15, 0.2) is 18.2 Å². The van der Waals surface area contributed by atoms with Gasteiger partial charge in [0.1, 0.15) is 6.04 Å². The van der Waals surface area contributed by atoms with Gasteiger partial charge < -0.3 is 15.5 Å². The lowest BCUT2D eigenvalue weighted by molar-refractivity contribution is -0.136. The van der Waals surface area contributed by atoms with Crippen LogP contribution in [-0.2, 0) is 20.9 Å². The summed E-state index contributed by atoms with van der Waals surface area (Å²) in [5, 5.41) is 25.0. The van der Waals surface area contributed by atoms with Crippen LogP contribution >= 0.6 is 0 Å². The van der Waals surface area contributed by atoms with Crippen LogP contribution in [0.2, 0.25) is 0 Å². The fraction of sp³-hybridized carbons (Fsp3) is 0.500. The number of nitrogens with zero attached hydrogens (tertiary/aromatic N) is 1. The molecular weight excluding hydrogens is 418 g/mol. The summed E-state index contributed by atoms with van der Waals surface area (Å²) in [6, 6.07) is 3.69. The fourth-order valence-corrected chi connectivity index (χ4v) is 5.65. The molecule has 0 aromatic heterocycles. The molecule has 0 spiro atoms. The molecule has 1 aromatic carbocycles. The second-order valence-corrected chi connectivity index (χ2v) is 8.99. The van der Waals surface area contributed by atoms with Gasteiger partial charge in [0.15, 0.2) is 0 Å². The molecule has 2 heterocycles. The molecule has 5 rings (SSSR count). The number of carbonyl (C=O) groups is 5. The highest BCUT2D eigenvalue weighted by Crippen LogP contribution is 2.48. The average Bonchev–Trinajstić information content (AvgIpc) is 3.40. The van der Waals surface area contributed by atoms with Crippen molar-refractivity contribution >= 4 is 29.5 Å². The maximum absolute atomic E-state index is 13.1. The second-order valence-electron chi connectivity index (χ2n) is 8.99. The van der Waals surface area contributed by atoms with Crippen molar-refractivity contribution in [2.24, 2.45) is 17.8 Å². The standard InChI is InChI=1S/C22H23N3O7/c26-15-5-4-14(20(30)24-15)25-21(31)11-3-1-2-9(16(11)22(25)32)8-23-19(29)13-7-10-6-12(13)18(28)17(10)27/h1-3,10,12-14,17-18,27-28H,4-8H2,(H,23,29)(H,24,26,30)/t10-,12+,13?,14?,17-,18+/m0/s1. The monoisotopic (exact) mass is 441 g/mol. The number of amides is 5. The highest BCUT2D eigenvalue weighted by molar-refractivity contribution is 6.24. The number of aliphatic hydroxyl groups excluding tert-OH is 2. The molecule has 32 heavy (non-hydrogen) atoms. The van der Waals surface area contributed by atoms with Gasteiger partial charge in [0.25, 0.3) is 11.8 Å². The molecule has 10 nitrogen and oxygen atoms in total. The molecule has 1 saturated heterocycles. The summed E-state index contributed by atoms with van der Waals surface area (Å²) in [5.74, 6) is -3.39. The number of piperidine rings is 1. The average molecular weight is 441 g/mol. The van der Waals surface area contributed by atoms with Crippen LogP contribution in [0.1, 0.15) is 52.0 Å². The number of nitrogens with one attached hydrogen (secondary N) is 2. The second kappa shape index (κ2) is 7.49. The third-order valence-corrected chi connectivity index (χ3v) is 7.26. The van der Waals surface area contributed by atoms with Gasteiger partial charge in [0, 0.05) is 18.9 Å². The van der Waals surface area contributed by atoms with Crippen molar-refractivity contribution in [3.05, 3.63) is 34.9 Å². The molecule has 2 bridgehead atoms. The number of imide groups is 2. The van der Waals surface area contributed by atoms with E-state index >= 15 is 0 Å². The zero-order chi connectivity index (χ0) is 22.7. The van der Waals surface area contributed by atoms with E-state index < -0.39 is 47.8 Å². The largest absolute Gasteiger partial charge is 0.390 e. The maximum Gasteiger partial charge on any atom is 0.262 e. The Morgan fingerprint density at radius 3 is 2.56 bits per heavy atom. The van der Waals surface area contributed by atoms with E-state index in [1.807, 2.05) is 0 Å². The normalized spacial score (nSPS) is 33.5. The van der Waals surface area contributed by atoms with Gasteiger partial charge in [0.2, 0.25) is 17.7 Å². The third kappa shape index (κ3) is 3.05. The van der Waals surface area contributed by atoms with Gasteiger partial charge >= 0.3 is 0 Å². The van der Waals surface area contributed by atoms with Crippen LogP contribution in [0.3, 0.4) is 0 Å². The molecule has 2 saturated carbocycles. The quantitative estimate of drug-likeness (QED) is 0.441. The third-order valence-electron chi connectivity index (χ3n) is 7.26. The molecule has 2 unspecified atom stereocenters. The molecule has 4 N–H and O–H groups in total. The van der Waals surface area contributed by atoms with Crippen molar-refractivity contribution in [2.45, 2.75) is 50.5 Å². The van der Waals surface area contributed by atoms with Crippen LogP contribution in [0, 0.1) is 17.8 Å². The van der Waals surface area contributed by atoms with E-state index in [1.165, 1.54) is 6.07 Å². The smallest absolute Gasteiger partial charge is 0.262 e. The number of rotatable bonds is 4. The number of fused-ring (bicyclic) bond motifs is 3. The van der Waals surface area contributed by atoms with Crippen LogP contribution in [0.25, 0.3) is 0 Å². The molecule has 4 aliphatic rings. The van der Waals surface area contributed by atoms with Crippen LogP contribution in [0.5, 0.6) is 0 Å². The Balaban J connectivity index is 1.32. The van der Waals surface area contributed by atoms with E-state index in [9.17, 15) is 34.2 Å². The fourth-order valence-electron chi connectivity index (χ4n) is 5.65. The van der Waals surface area contributed by atoms with E-state index in [-0.39, 0.29) is 48.3 Å². The lowest BCUT2D eigenvalue weighted by Crippen LogP contribution is -2.54. The molecule has 1 aromatic rings. The highest BCUT2D eigenvalue weighted by Gasteiger charge is 2.54. The Hall–Kier alpha value is -3.11. The Morgan fingerprint density at radius 1 is 1.09 bits per heavy atom. The van der Waals surface area contributed by atoms with Gasteiger partial charge in [-0.1, -0.05) is 12.1 Å². The van der Waals surface area contributed by atoms with Crippen LogP contribution in [0.4, 0.5) is 0 Å². The summed E-state index contributed by atoms with van der Waals surface area (Å²) >= 11 is 0. The van der Waals surface area contributed by atoms with E-state index in [0.717, 1.165) is 4.90 Å². The lowest BCUT2D eigenvalue weighted by Gasteiger charge is -2.29. The Bertz CT molecular complexity index is 1050. The first kappa shape index (κ1) is 20.8. The van der Waals surface area contributed by atoms with Crippen LogP contribution in [-0.4, -0.2) is 62.9 Å². The molecule has 10 heteroatoms. The number of carbonyl (C=O) groups excluding carboxylic acids is 5. The van der Waals surface area contributed by atoms with Gasteiger partial charge in [-0.05, 0) is 42.7 Å². The zero-order valence-corrected chi connectivity index (χ0v) is 17.1. The molecule has 2 aliphatic carbocycles. The molecule has 0 radical (unpaired) electrons. The summed E-state index contributed by atoms with van der Waals surface area (Å²) in [6.07, 6.45) is -0.482. The van der Waals surface area contributed by atoms with Crippen LogP contribution < -0.4 is 10.6 Å². The maximum atomic E-state index is 13.1. The zero-order valence-electron chi connectivity index (χ0n) is 17.1. The summed E-state index contributed by atoms with van der Waals surface area (Å²) in [7, 11) is 0. The molecule has 6 atom stereocenters. The molecule has 5 amide bonds. The molecule has 168 valence electrons. The van der Waals surface area contributed by atoms with Gasteiger partial charge in [-0.25, -0.2) is 0 Å².